The summed E-state index contributed by atoms with van der Waals surface area (Å²) in [6.45, 7) is 10.3. The molecule has 5 N–H and O–H groups in total. The van der Waals surface area contributed by atoms with Crippen molar-refractivity contribution in [2.75, 3.05) is 13.6 Å². The van der Waals surface area contributed by atoms with Gasteiger partial charge >= 0.3 is 5.97 Å². The van der Waals surface area contributed by atoms with E-state index in [1.165, 1.54) is 0 Å². The maximum atomic E-state index is 13.6. The molecule has 0 spiro atoms. The molecule has 0 radical (unpaired) electrons. The lowest BCUT2D eigenvalue weighted by Crippen LogP contribution is -2.57. The molecule has 11 nitrogen and oxygen atoms in total. The molecular weight excluding hydrogens is 618 g/mol. The number of aromatic nitrogens is 1. The van der Waals surface area contributed by atoms with Gasteiger partial charge in [-0.2, -0.15) is 0 Å². The van der Waals surface area contributed by atoms with E-state index in [2.05, 4.69) is 20.9 Å². The summed E-state index contributed by atoms with van der Waals surface area (Å²) in [5, 5.41) is 31.6. The Morgan fingerprint density at radius 1 is 1.02 bits per heavy atom. The van der Waals surface area contributed by atoms with E-state index in [9.17, 15) is 29.4 Å². The Morgan fingerprint density at radius 2 is 1.72 bits per heavy atom. The first-order valence-electron chi connectivity index (χ1n) is 16.8. The highest BCUT2D eigenvalue weighted by atomic mass is 32.1. The molecule has 0 saturated carbocycles. The van der Waals surface area contributed by atoms with Crippen molar-refractivity contribution >= 4 is 35.0 Å². The Labute approximate surface area is 282 Å². The van der Waals surface area contributed by atoms with Gasteiger partial charge in [0.15, 0.2) is 0 Å². The number of amides is 3. The fourth-order valence-corrected chi connectivity index (χ4v) is 6.69. The van der Waals surface area contributed by atoms with Crippen LogP contribution >= 0.6 is 11.3 Å². The van der Waals surface area contributed by atoms with Crippen molar-refractivity contribution in [3.05, 3.63) is 52.0 Å². The number of carbonyl (C=O) groups is 4. The summed E-state index contributed by atoms with van der Waals surface area (Å²) in [6, 6.07) is 7.75. The molecule has 0 bridgehead atoms. The number of carbonyl (C=O) groups excluding carboxylic acids is 3. The summed E-state index contributed by atoms with van der Waals surface area (Å²) < 4.78 is 0. The summed E-state index contributed by atoms with van der Waals surface area (Å²) in [4.78, 5) is 58.0. The highest BCUT2D eigenvalue weighted by molar-refractivity contribution is 7.09. The van der Waals surface area contributed by atoms with Crippen LogP contribution in [0.15, 0.2) is 35.7 Å². The molecule has 12 heteroatoms. The summed E-state index contributed by atoms with van der Waals surface area (Å²) in [5.41, 5.74) is 1.12. The minimum absolute atomic E-state index is 0.0240. The first kappa shape index (κ1) is 38.1. The van der Waals surface area contributed by atoms with E-state index in [1.54, 1.807) is 12.3 Å². The monoisotopic (exact) mass is 671 g/mol. The average molecular weight is 672 g/mol. The fraction of sp³-hybridized carbons (Fsp3) is 0.629. The summed E-state index contributed by atoms with van der Waals surface area (Å²) in [6.07, 6.45) is 3.37. The zero-order valence-corrected chi connectivity index (χ0v) is 29.4. The number of aliphatic carboxylic acids is 1. The number of piperidine rings is 1. The molecule has 2 heterocycles. The quantitative estimate of drug-likeness (QED) is 0.168. The van der Waals surface area contributed by atoms with Gasteiger partial charge in [-0.25, -0.2) is 4.98 Å². The minimum Gasteiger partial charge on any atom is -0.481 e. The van der Waals surface area contributed by atoms with Crippen LogP contribution < -0.4 is 16.0 Å². The smallest absolute Gasteiger partial charge is 0.306 e. The number of likely N-dealkylation sites (N-methyl/N-ethyl adjacent to an activating group) is 1. The normalized spacial score (nSPS) is 19.2. The number of nitrogens with zero attached hydrogens (tertiary/aromatic N) is 2. The minimum atomic E-state index is -1.03. The number of rotatable bonds is 17. The van der Waals surface area contributed by atoms with Gasteiger partial charge in [0.1, 0.15) is 22.8 Å². The molecule has 1 aromatic heterocycles. The number of likely N-dealkylation sites (tertiary alicyclic amines) is 1. The Hall–Kier alpha value is -3.35. The Bertz CT molecular complexity index is 1320. The Morgan fingerprint density at radius 3 is 2.34 bits per heavy atom. The number of carboxylic acid groups (broad SMARTS) is 1. The molecule has 6 unspecified atom stereocenters. The second-order valence-corrected chi connectivity index (χ2v) is 14.3. The highest BCUT2D eigenvalue weighted by Crippen LogP contribution is 2.26. The van der Waals surface area contributed by atoms with E-state index in [1.807, 2.05) is 70.0 Å². The van der Waals surface area contributed by atoms with Crippen molar-refractivity contribution < 1.29 is 29.4 Å². The van der Waals surface area contributed by atoms with Gasteiger partial charge in [-0.1, -0.05) is 77.8 Å². The topological polar surface area (TPSA) is 161 Å². The molecule has 0 aliphatic carbocycles. The van der Waals surface area contributed by atoms with Crippen molar-refractivity contribution in [2.24, 2.45) is 17.8 Å². The van der Waals surface area contributed by atoms with Crippen molar-refractivity contribution in [2.45, 2.75) is 110 Å². The van der Waals surface area contributed by atoms with E-state index in [0.29, 0.717) is 17.8 Å². The van der Waals surface area contributed by atoms with Crippen LogP contribution in [-0.4, -0.2) is 81.5 Å². The van der Waals surface area contributed by atoms with Gasteiger partial charge in [-0.05, 0) is 56.7 Å². The summed E-state index contributed by atoms with van der Waals surface area (Å²) >= 11 is 1.16. The molecule has 1 saturated heterocycles. The fourth-order valence-electron chi connectivity index (χ4n) is 5.89. The zero-order valence-electron chi connectivity index (χ0n) is 28.6. The SMILES string of the molecule is CCC(C)C(NC(=O)[C@H]1CCCCN1C)C(=O)NC(CC(O)c1nc(C(=O)NC(Cc2ccccc2)CC(C)C(=O)O)cs1)C(C)C. The Kier molecular flexibility index (Phi) is 14.8. The van der Waals surface area contributed by atoms with Crippen LogP contribution in [-0.2, 0) is 20.8 Å². The predicted molar refractivity (Wildman–Crippen MR) is 183 cm³/mol. The summed E-state index contributed by atoms with van der Waals surface area (Å²) in [5.74, 6) is -2.55. The van der Waals surface area contributed by atoms with Crippen LogP contribution in [0.1, 0.15) is 100 Å². The molecule has 3 rings (SSSR count). The Balaban J connectivity index is 1.66. The third-order valence-corrected chi connectivity index (χ3v) is 10.2. The first-order chi connectivity index (χ1) is 22.3. The molecule has 260 valence electrons. The van der Waals surface area contributed by atoms with Crippen LogP contribution in [0.5, 0.6) is 0 Å². The lowest BCUT2D eigenvalue weighted by atomic mass is 9.94. The molecule has 2 aromatic rings. The second-order valence-electron chi connectivity index (χ2n) is 13.4. The first-order valence-corrected chi connectivity index (χ1v) is 17.7. The van der Waals surface area contributed by atoms with Crippen molar-refractivity contribution in [1.82, 2.24) is 25.8 Å². The molecule has 1 aliphatic rings. The maximum absolute atomic E-state index is 13.6. The highest BCUT2D eigenvalue weighted by Gasteiger charge is 2.34. The van der Waals surface area contributed by atoms with E-state index in [-0.39, 0.29) is 48.2 Å². The molecule has 3 amide bonds. The van der Waals surface area contributed by atoms with Crippen LogP contribution in [0.2, 0.25) is 0 Å². The van der Waals surface area contributed by atoms with Crippen molar-refractivity contribution in [1.29, 1.82) is 0 Å². The number of benzene rings is 1. The molecule has 1 aliphatic heterocycles. The zero-order chi connectivity index (χ0) is 34.7. The molecule has 7 atom stereocenters. The lowest BCUT2D eigenvalue weighted by Gasteiger charge is -2.34. The predicted octanol–water partition coefficient (Wildman–Crippen LogP) is 4.17. The van der Waals surface area contributed by atoms with Crippen molar-refractivity contribution in [3.63, 3.8) is 0 Å². The second kappa shape index (κ2) is 18.3. The number of hydrogen-bond acceptors (Lipinski definition) is 8. The molecular formula is C35H53N5O6S. The van der Waals surface area contributed by atoms with Crippen LogP contribution in [0.3, 0.4) is 0 Å². The standard InChI is InChI=1S/C35H53N5O6S/c1-7-22(4)30(39-32(43)28-15-11-12-16-40(28)6)33(44)37-26(21(2)3)19-29(41)34-38-27(20-47-34)31(42)36-25(17-23(5)35(45)46)18-24-13-9-8-10-14-24/h8-10,13-14,20-23,25-26,28-30,41H,7,11-12,15-19H2,1-6H3,(H,36,42)(H,37,44)(H,39,43)(H,45,46)/t22?,23?,25?,26?,28-,29?,30?/m1/s1. The summed E-state index contributed by atoms with van der Waals surface area (Å²) in [7, 11) is 1.94. The molecule has 1 aromatic carbocycles. The number of aliphatic hydroxyl groups is 1. The number of aliphatic hydroxyl groups excluding tert-OH is 1. The van der Waals surface area contributed by atoms with Gasteiger partial charge in [0, 0.05) is 23.9 Å². The lowest BCUT2D eigenvalue weighted by molar-refractivity contribution is -0.141. The van der Waals surface area contributed by atoms with Gasteiger partial charge in [0.05, 0.1) is 12.0 Å². The average Bonchev–Trinajstić information content (AvgIpc) is 3.54. The van der Waals surface area contributed by atoms with E-state index < -0.39 is 42.0 Å². The third kappa shape index (κ3) is 11.4. The number of hydrogen-bond donors (Lipinski definition) is 5. The molecule has 1 fully saturated rings. The number of carboxylic acids is 1. The van der Waals surface area contributed by atoms with Crippen LogP contribution in [0, 0.1) is 17.8 Å². The van der Waals surface area contributed by atoms with Gasteiger partial charge in [0.25, 0.3) is 5.91 Å². The number of thiazole rings is 1. The van der Waals surface area contributed by atoms with Crippen molar-refractivity contribution in [3.8, 4) is 0 Å². The van der Waals surface area contributed by atoms with E-state index >= 15 is 0 Å². The van der Waals surface area contributed by atoms with E-state index in [0.717, 1.165) is 42.7 Å². The van der Waals surface area contributed by atoms with Crippen LogP contribution in [0.4, 0.5) is 0 Å². The molecule has 47 heavy (non-hydrogen) atoms. The largest absolute Gasteiger partial charge is 0.481 e. The van der Waals surface area contributed by atoms with Crippen LogP contribution in [0.25, 0.3) is 0 Å². The van der Waals surface area contributed by atoms with E-state index in [4.69, 9.17) is 0 Å². The third-order valence-electron chi connectivity index (χ3n) is 9.24. The van der Waals surface area contributed by atoms with Gasteiger partial charge in [0.2, 0.25) is 11.8 Å². The van der Waals surface area contributed by atoms with Gasteiger partial charge in [-0.3, -0.25) is 24.1 Å². The maximum Gasteiger partial charge on any atom is 0.306 e. The van der Waals surface area contributed by atoms with Gasteiger partial charge in [-0.15, -0.1) is 11.3 Å². The van der Waals surface area contributed by atoms with Gasteiger partial charge < -0.3 is 26.2 Å². The number of nitrogens with one attached hydrogen (secondary N) is 3.